The number of aryl methyl sites for hydroxylation is 2. The smallest absolute Gasteiger partial charge is 0.383 e. The van der Waals surface area contributed by atoms with Gasteiger partial charge in [0.25, 0.3) is 11.5 Å². The number of carbonyl (C=O) groups is 1. The van der Waals surface area contributed by atoms with E-state index in [9.17, 15) is 22.8 Å². The minimum atomic E-state index is -4.52. The van der Waals surface area contributed by atoms with E-state index in [-0.39, 0.29) is 22.6 Å². The average Bonchev–Trinajstić information content (AvgIpc) is 2.81. The fraction of sp³-hybridized carbons (Fsp3) is 0.333. The number of rotatable bonds is 3. The average molecular weight is 489 g/mol. The number of aromatic nitrogens is 3. The summed E-state index contributed by atoms with van der Waals surface area (Å²) in [5, 5.41) is 5.78. The third kappa shape index (κ3) is 6.44. The second-order valence-electron chi connectivity index (χ2n) is 8.14. The van der Waals surface area contributed by atoms with E-state index in [2.05, 4.69) is 20.6 Å². The molecule has 3 aromatic rings. The number of hydrogen-bond acceptors (Lipinski definition) is 6. The molecule has 8 nitrogen and oxygen atoms in total. The number of amides is 1. The topological polar surface area (TPSA) is 115 Å². The Balaban J connectivity index is 0.000000497. The highest BCUT2D eigenvalue weighted by Gasteiger charge is 2.32. The van der Waals surface area contributed by atoms with Crippen molar-refractivity contribution < 1.29 is 18.0 Å². The summed E-state index contributed by atoms with van der Waals surface area (Å²) < 4.78 is 40.1. The van der Waals surface area contributed by atoms with Crippen LogP contribution in [0.2, 0.25) is 0 Å². The number of hydrogen-bond donors (Lipinski definition) is 3. The lowest BCUT2D eigenvalue weighted by atomic mass is 10.0. The van der Waals surface area contributed by atoms with Crippen molar-refractivity contribution in [3.8, 4) is 5.69 Å². The molecule has 1 aliphatic heterocycles. The van der Waals surface area contributed by atoms with E-state index < -0.39 is 28.8 Å². The number of nitrogens with one attached hydrogen (secondary N) is 2. The lowest BCUT2D eigenvalue weighted by Gasteiger charge is -2.17. The molecule has 1 aliphatic rings. The van der Waals surface area contributed by atoms with Gasteiger partial charge in [-0.3, -0.25) is 19.1 Å². The number of alkyl halides is 3. The highest BCUT2D eigenvalue weighted by atomic mass is 19.4. The van der Waals surface area contributed by atoms with Crippen LogP contribution in [0.15, 0.2) is 47.8 Å². The van der Waals surface area contributed by atoms with Gasteiger partial charge >= 0.3 is 6.18 Å². The van der Waals surface area contributed by atoms with Crippen LogP contribution in [0, 0.1) is 13.8 Å². The van der Waals surface area contributed by atoms with Crippen molar-refractivity contribution in [2.45, 2.75) is 39.3 Å². The number of pyridine rings is 1. The summed E-state index contributed by atoms with van der Waals surface area (Å²) in [4.78, 5) is 33.3. The zero-order valence-corrected chi connectivity index (χ0v) is 19.4. The van der Waals surface area contributed by atoms with E-state index in [0.29, 0.717) is 5.69 Å². The highest BCUT2D eigenvalue weighted by Crippen LogP contribution is 2.32. The van der Waals surface area contributed by atoms with Crippen molar-refractivity contribution in [2.24, 2.45) is 0 Å². The van der Waals surface area contributed by atoms with Crippen LogP contribution in [0.5, 0.6) is 0 Å². The molecule has 35 heavy (non-hydrogen) atoms. The van der Waals surface area contributed by atoms with Crippen molar-refractivity contribution in [3.05, 3.63) is 75.6 Å². The first-order chi connectivity index (χ1) is 16.6. The van der Waals surface area contributed by atoms with Crippen LogP contribution in [0.1, 0.15) is 46.3 Å². The number of benzene rings is 1. The van der Waals surface area contributed by atoms with Gasteiger partial charge in [0.2, 0.25) is 0 Å². The Morgan fingerprint density at radius 2 is 1.80 bits per heavy atom. The molecular formula is C24H27F3N6O2. The zero-order valence-electron chi connectivity index (χ0n) is 19.4. The Labute approximate surface area is 200 Å². The van der Waals surface area contributed by atoms with Crippen LogP contribution < -0.4 is 21.9 Å². The van der Waals surface area contributed by atoms with Gasteiger partial charge in [-0.2, -0.15) is 13.2 Å². The van der Waals surface area contributed by atoms with Crippen molar-refractivity contribution >= 4 is 17.4 Å². The maximum atomic E-state index is 13.0. The van der Waals surface area contributed by atoms with Crippen molar-refractivity contribution in [2.75, 3.05) is 24.1 Å². The summed E-state index contributed by atoms with van der Waals surface area (Å²) in [5.74, 6) is -1.10. The first-order valence-electron chi connectivity index (χ1n) is 11.1. The second kappa shape index (κ2) is 11.1. The number of nitrogen functional groups attached to an aromatic ring is 1. The predicted molar refractivity (Wildman–Crippen MR) is 128 cm³/mol. The molecule has 186 valence electrons. The van der Waals surface area contributed by atoms with E-state index in [1.165, 1.54) is 58.6 Å². The van der Waals surface area contributed by atoms with E-state index >= 15 is 0 Å². The summed E-state index contributed by atoms with van der Waals surface area (Å²) in [6.07, 6.45) is 3.67. The van der Waals surface area contributed by atoms with Crippen molar-refractivity contribution in [1.82, 2.24) is 19.9 Å². The Bertz CT molecular complexity index is 1200. The SMILES string of the molecule is C1CCNCC1.Cc1cc(C(F)(F)F)cc(C)c1-n1cnc(N)c(C(=O)Nc2cccnc2)c1=O. The monoisotopic (exact) mass is 488 g/mol. The van der Waals surface area contributed by atoms with E-state index in [0.717, 1.165) is 23.0 Å². The fourth-order valence-corrected chi connectivity index (χ4v) is 3.77. The summed E-state index contributed by atoms with van der Waals surface area (Å²) in [6, 6.07) is 5.02. The molecule has 0 bridgehead atoms. The molecular weight excluding hydrogens is 461 g/mol. The van der Waals surface area contributed by atoms with Gasteiger partial charge in [-0.25, -0.2) is 4.98 Å². The number of nitrogens with zero attached hydrogens (tertiary/aromatic N) is 3. The number of halogens is 3. The zero-order chi connectivity index (χ0) is 25.6. The van der Waals surface area contributed by atoms with E-state index in [1.807, 2.05) is 0 Å². The molecule has 3 heterocycles. The lowest BCUT2D eigenvalue weighted by molar-refractivity contribution is -0.137. The molecule has 0 spiro atoms. The van der Waals surface area contributed by atoms with Crippen molar-refractivity contribution in [1.29, 1.82) is 0 Å². The van der Waals surface area contributed by atoms with Crippen LogP contribution in [-0.4, -0.2) is 33.5 Å². The molecule has 0 unspecified atom stereocenters. The quantitative estimate of drug-likeness (QED) is 0.516. The van der Waals surface area contributed by atoms with Crippen LogP contribution in [0.4, 0.5) is 24.7 Å². The summed E-state index contributed by atoms with van der Waals surface area (Å²) >= 11 is 0. The summed E-state index contributed by atoms with van der Waals surface area (Å²) in [7, 11) is 0. The molecule has 0 aliphatic carbocycles. The van der Waals surface area contributed by atoms with Crippen LogP contribution in [-0.2, 0) is 6.18 Å². The number of carbonyl (C=O) groups excluding carboxylic acids is 1. The van der Waals surface area contributed by atoms with Gasteiger partial charge in [0.15, 0.2) is 0 Å². The Hall–Kier alpha value is -3.73. The summed E-state index contributed by atoms with van der Waals surface area (Å²) in [6.45, 7) is 5.38. The first-order valence-corrected chi connectivity index (χ1v) is 11.1. The maximum Gasteiger partial charge on any atom is 0.416 e. The van der Waals surface area contributed by atoms with Crippen LogP contribution in [0.25, 0.3) is 5.69 Å². The molecule has 0 saturated carbocycles. The lowest BCUT2D eigenvalue weighted by Crippen LogP contribution is -2.31. The Morgan fingerprint density at radius 1 is 1.14 bits per heavy atom. The van der Waals surface area contributed by atoms with Gasteiger partial charge in [0.1, 0.15) is 17.7 Å². The third-order valence-corrected chi connectivity index (χ3v) is 5.41. The summed E-state index contributed by atoms with van der Waals surface area (Å²) in [5.41, 5.74) is 4.62. The Kier molecular flexibility index (Phi) is 8.23. The van der Waals surface area contributed by atoms with Crippen LogP contribution >= 0.6 is 0 Å². The molecule has 11 heteroatoms. The standard InChI is InChI=1S/C19H16F3N5O2.C5H11N/c1-10-6-12(19(20,21)22)7-11(2)15(10)27-9-25-16(23)14(18(27)29)17(28)26-13-4-3-5-24-8-13;1-2-4-6-5-3-1/h3-9H,23H2,1-2H3,(H,26,28);6H,1-5H2. The largest absolute Gasteiger partial charge is 0.416 e. The maximum absolute atomic E-state index is 13.0. The van der Waals surface area contributed by atoms with Gasteiger partial charge in [-0.05, 0) is 75.2 Å². The fourth-order valence-electron chi connectivity index (χ4n) is 3.77. The molecule has 1 fully saturated rings. The van der Waals surface area contributed by atoms with Crippen molar-refractivity contribution in [3.63, 3.8) is 0 Å². The Morgan fingerprint density at radius 3 is 2.29 bits per heavy atom. The van der Waals surface area contributed by atoms with Gasteiger partial charge in [-0.1, -0.05) is 6.42 Å². The highest BCUT2D eigenvalue weighted by molar-refractivity contribution is 6.06. The van der Waals surface area contributed by atoms with Crippen LogP contribution in [0.3, 0.4) is 0 Å². The first kappa shape index (κ1) is 25.9. The number of anilines is 2. The molecule has 0 radical (unpaired) electrons. The molecule has 2 aromatic heterocycles. The van der Waals surface area contributed by atoms with E-state index in [1.54, 1.807) is 12.1 Å². The van der Waals surface area contributed by atoms with Gasteiger partial charge in [0, 0.05) is 6.20 Å². The molecule has 4 rings (SSSR count). The second-order valence-corrected chi connectivity index (χ2v) is 8.14. The number of piperidine rings is 1. The predicted octanol–water partition coefficient (Wildman–Crippen LogP) is 3.86. The minimum Gasteiger partial charge on any atom is -0.383 e. The van der Waals surface area contributed by atoms with Gasteiger partial charge in [0.05, 0.1) is 23.1 Å². The molecule has 1 amide bonds. The van der Waals surface area contributed by atoms with Gasteiger partial charge < -0.3 is 16.4 Å². The van der Waals surface area contributed by atoms with E-state index in [4.69, 9.17) is 5.73 Å². The molecule has 4 N–H and O–H groups in total. The molecule has 1 aromatic carbocycles. The minimum absolute atomic E-state index is 0.199. The van der Waals surface area contributed by atoms with Gasteiger partial charge in [-0.15, -0.1) is 0 Å². The molecule has 1 saturated heterocycles. The molecule has 0 atom stereocenters. The normalized spacial score (nSPS) is 13.5. The third-order valence-electron chi connectivity index (χ3n) is 5.41. The number of nitrogens with two attached hydrogens (primary N) is 1.